The molecular weight excluding hydrogens is 280 g/mol. The zero-order valence-corrected chi connectivity index (χ0v) is 12.9. The Kier molecular flexibility index (Phi) is 3.07. The number of benzene rings is 1. The molecule has 0 unspecified atom stereocenters. The molecule has 0 amide bonds. The molecule has 2 aliphatic rings. The molecule has 0 radical (unpaired) electrons. The lowest BCUT2D eigenvalue weighted by Gasteiger charge is -2.21. The molecule has 3 nitrogen and oxygen atoms in total. The predicted molar refractivity (Wildman–Crippen MR) is 85.4 cm³/mol. The molecule has 21 heavy (non-hydrogen) atoms. The van der Waals surface area contributed by atoms with Crippen molar-refractivity contribution in [1.29, 1.82) is 0 Å². The maximum atomic E-state index is 5.95. The highest BCUT2D eigenvalue weighted by atomic mass is 32.1. The van der Waals surface area contributed by atoms with Gasteiger partial charge in [-0.25, -0.2) is 4.98 Å². The first kappa shape index (κ1) is 13.0. The minimum atomic E-state index is 0.562. The van der Waals surface area contributed by atoms with Crippen molar-refractivity contribution in [2.75, 3.05) is 6.61 Å². The molecular formula is C17H18N2OS. The third-order valence-corrected chi connectivity index (χ3v) is 4.74. The fourth-order valence-electron chi connectivity index (χ4n) is 2.96. The largest absolute Gasteiger partial charge is 0.493 e. The molecule has 4 heteroatoms. The highest BCUT2D eigenvalue weighted by Crippen LogP contribution is 2.41. The summed E-state index contributed by atoms with van der Waals surface area (Å²) in [4.78, 5) is 8.08. The van der Waals surface area contributed by atoms with Gasteiger partial charge in [0.05, 0.1) is 12.3 Å². The van der Waals surface area contributed by atoms with Crippen LogP contribution in [0.3, 0.4) is 0 Å². The molecule has 0 saturated heterocycles. The quantitative estimate of drug-likeness (QED) is 0.839. The summed E-state index contributed by atoms with van der Waals surface area (Å²) in [6, 6.07) is 6.38. The highest BCUT2D eigenvalue weighted by molar-refractivity contribution is 7.71. The summed E-state index contributed by atoms with van der Waals surface area (Å²) < 4.78 is 6.65. The molecule has 1 saturated carbocycles. The van der Waals surface area contributed by atoms with Crippen molar-refractivity contribution in [3.63, 3.8) is 0 Å². The Morgan fingerprint density at radius 3 is 3.00 bits per heavy atom. The second kappa shape index (κ2) is 4.95. The van der Waals surface area contributed by atoms with Crippen molar-refractivity contribution in [2.45, 2.75) is 38.5 Å². The van der Waals surface area contributed by atoms with E-state index in [1.165, 1.54) is 18.4 Å². The number of aromatic amines is 1. The van der Waals surface area contributed by atoms with Gasteiger partial charge in [0, 0.05) is 17.0 Å². The van der Waals surface area contributed by atoms with Crippen LogP contribution in [0.4, 0.5) is 0 Å². The summed E-state index contributed by atoms with van der Waals surface area (Å²) in [7, 11) is 0. The molecule has 4 rings (SSSR count). The number of nitrogens with one attached hydrogen (secondary N) is 1. The predicted octanol–water partition coefficient (Wildman–Crippen LogP) is 4.32. The third-order valence-electron chi connectivity index (χ3n) is 4.34. The Morgan fingerprint density at radius 2 is 2.19 bits per heavy atom. The van der Waals surface area contributed by atoms with E-state index in [1.807, 2.05) is 6.92 Å². The molecule has 2 heterocycles. The number of nitrogens with zero attached hydrogens (tertiary/aromatic N) is 1. The van der Waals surface area contributed by atoms with E-state index >= 15 is 0 Å². The average molecular weight is 298 g/mol. The maximum absolute atomic E-state index is 5.95. The van der Waals surface area contributed by atoms with Crippen LogP contribution in [0.5, 0.6) is 5.75 Å². The van der Waals surface area contributed by atoms with Gasteiger partial charge in [-0.3, -0.25) is 0 Å². The van der Waals surface area contributed by atoms with Crippen molar-refractivity contribution in [1.82, 2.24) is 9.97 Å². The molecule has 1 aliphatic carbocycles. The number of aryl methyl sites for hydroxylation is 1. The van der Waals surface area contributed by atoms with Gasteiger partial charge in [0.25, 0.3) is 0 Å². The summed E-state index contributed by atoms with van der Waals surface area (Å²) in [5.41, 5.74) is 4.54. The molecule has 1 N–H and O–H groups in total. The number of para-hydroxylation sites is 1. The maximum Gasteiger partial charge on any atom is 0.133 e. The zero-order valence-electron chi connectivity index (χ0n) is 12.1. The van der Waals surface area contributed by atoms with Crippen LogP contribution in [-0.4, -0.2) is 16.6 Å². The van der Waals surface area contributed by atoms with Gasteiger partial charge in [-0.1, -0.05) is 24.4 Å². The van der Waals surface area contributed by atoms with Crippen LogP contribution < -0.4 is 4.74 Å². The first-order valence-corrected chi connectivity index (χ1v) is 8.01. The van der Waals surface area contributed by atoms with E-state index in [0.29, 0.717) is 10.6 Å². The molecule has 0 spiro atoms. The van der Waals surface area contributed by atoms with Crippen molar-refractivity contribution >= 4 is 12.2 Å². The summed E-state index contributed by atoms with van der Waals surface area (Å²) in [6.07, 6.45) is 4.60. The fourth-order valence-corrected chi connectivity index (χ4v) is 3.16. The Bertz CT molecular complexity index is 762. The second-order valence-corrected chi connectivity index (χ2v) is 6.33. The van der Waals surface area contributed by atoms with Crippen molar-refractivity contribution in [3.05, 3.63) is 39.8 Å². The van der Waals surface area contributed by atoms with Crippen molar-refractivity contribution in [2.24, 2.45) is 0 Å². The molecule has 2 aromatic rings. The lowest BCUT2D eigenvalue weighted by molar-refractivity contribution is 0.289. The number of hydrogen-bond acceptors (Lipinski definition) is 3. The first-order chi connectivity index (χ1) is 10.2. The molecule has 108 valence electrons. The smallest absolute Gasteiger partial charge is 0.133 e. The van der Waals surface area contributed by atoms with E-state index in [9.17, 15) is 0 Å². The Morgan fingerprint density at radius 1 is 1.33 bits per heavy atom. The Labute approximate surface area is 129 Å². The van der Waals surface area contributed by atoms with Gasteiger partial charge in [0.1, 0.15) is 16.2 Å². The number of fused-ring (bicyclic) bond motifs is 1. The van der Waals surface area contributed by atoms with E-state index in [1.54, 1.807) is 0 Å². The number of rotatable bonds is 2. The van der Waals surface area contributed by atoms with Gasteiger partial charge in [-0.2, -0.15) is 0 Å². The van der Waals surface area contributed by atoms with Gasteiger partial charge in [0.2, 0.25) is 0 Å². The molecule has 0 bridgehead atoms. The topological polar surface area (TPSA) is 37.9 Å². The molecule has 1 fully saturated rings. The van der Waals surface area contributed by atoms with Gasteiger partial charge >= 0.3 is 0 Å². The molecule has 1 aromatic carbocycles. The lowest BCUT2D eigenvalue weighted by Crippen LogP contribution is -2.10. The van der Waals surface area contributed by atoms with Crippen LogP contribution in [0.2, 0.25) is 0 Å². The van der Waals surface area contributed by atoms with Crippen LogP contribution in [0.25, 0.3) is 11.3 Å². The van der Waals surface area contributed by atoms with E-state index in [-0.39, 0.29) is 0 Å². The van der Waals surface area contributed by atoms with Gasteiger partial charge in [-0.15, -0.1) is 0 Å². The number of hydrogen-bond donors (Lipinski definition) is 1. The van der Waals surface area contributed by atoms with Crippen molar-refractivity contribution < 1.29 is 4.74 Å². The highest BCUT2D eigenvalue weighted by Gasteiger charge is 2.27. The van der Waals surface area contributed by atoms with Crippen LogP contribution in [-0.2, 0) is 6.42 Å². The number of aromatic nitrogens is 2. The second-order valence-electron chi connectivity index (χ2n) is 5.95. The van der Waals surface area contributed by atoms with Crippen LogP contribution in [0.15, 0.2) is 18.2 Å². The average Bonchev–Trinajstić information content (AvgIpc) is 3.34. The third kappa shape index (κ3) is 2.27. The van der Waals surface area contributed by atoms with Crippen LogP contribution in [0, 0.1) is 11.6 Å². The van der Waals surface area contributed by atoms with E-state index in [4.69, 9.17) is 17.0 Å². The minimum Gasteiger partial charge on any atom is -0.493 e. The number of ether oxygens (including phenoxy) is 1. The minimum absolute atomic E-state index is 0.562. The van der Waals surface area contributed by atoms with Crippen LogP contribution >= 0.6 is 12.2 Å². The van der Waals surface area contributed by atoms with Crippen molar-refractivity contribution in [3.8, 4) is 17.0 Å². The summed E-state index contributed by atoms with van der Waals surface area (Å²) in [5, 5.41) is 0. The standard InChI is InChI=1S/C17H18N2OS/c1-10-14(18-16(12-7-8-12)19-17(10)21)13-6-2-4-11-5-3-9-20-15(11)13/h2,4,6,12H,3,5,7-9H2,1H3,(H,18,19,21). The first-order valence-electron chi connectivity index (χ1n) is 7.60. The van der Waals surface area contributed by atoms with Gasteiger partial charge in [-0.05, 0) is 44.2 Å². The Balaban J connectivity index is 1.92. The van der Waals surface area contributed by atoms with Gasteiger partial charge < -0.3 is 9.72 Å². The SMILES string of the molecule is Cc1c(-c2cccc3c2OCCC3)[nH]c(C2CC2)nc1=S. The van der Waals surface area contributed by atoms with E-state index < -0.39 is 0 Å². The number of H-pyrrole nitrogens is 1. The fraction of sp³-hybridized carbons (Fsp3) is 0.412. The summed E-state index contributed by atoms with van der Waals surface area (Å²) in [6.45, 7) is 2.84. The zero-order chi connectivity index (χ0) is 14.4. The van der Waals surface area contributed by atoms with E-state index in [2.05, 4.69) is 28.2 Å². The van der Waals surface area contributed by atoms with E-state index in [0.717, 1.165) is 47.8 Å². The monoisotopic (exact) mass is 298 g/mol. The Hall–Kier alpha value is -1.68. The molecule has 1 aromatic heterocycles. The normalized spacial score (nSPS) is 17.2. The molecule has 1 aliphatic heterocycles. The summed E-state index contributed by atoms with van der Waals surface area (Å²) in [5.74, 6) is 2.62. The lowest BCUT2D eigenvalue weighted by atomic mass is 9.99. The van der Waals surface area contributed by atoms with Gasteiger partial charge in [0.15, 0.2) is 0 Å². The molecule has 0 atom stereocenters. The summed E-state index contributed by atoms with van der Waals surface area (Å²) >= 11 is 5.46. The van der Waals surface area contributed by atoms with Crippen LogP contribution in [0.1, 0.15) is 42.1 Å².